The van der Waals surface area contributed by atoms with Gasteiger partial charge in [-0.3, -0.25) is 4.99 Å². The Morgan fingerprint density at radius 1 is 1.21 bits per heavy atom. The molecule has 1 aliphatic heterocycles. The topological polar surface area (TPSA) is 46.1 Å². The molecule has 3 rings (SSSR count). The molecule has 2 aliphatic rings. The largest absolute Gasteiger partial charge is 0.382 e. The standard InChI is InChI=1S/C23H37N3O2.HI/c1-3-24-22(25-19-23(11-12-23)13-15-27-4-2)26-14-10-21(16-26)18-28-17-20-8-6-5-7-9-20;/h5-9,21H,3-4,10-19H2,1-2H3,(H,24,25);1H. The lowest BCUT2D eigenvalue weighted by Crippen LogP contribution is -2.40. The first kappa shape index (κ1) is 24.4. The van der Waals surface area contributed by atoms with Crippen molar-refractivity contribution in [3.63, 3.8) is 0 Å². The third-order valence-corrected chi connectivity index (χ3v) is 5.89. The van der Waals surface area contributed by atoms with Crippen LogP contribution in [0.25, 0.3) is 0 Å². The van der Waals surface area contributed by atoms with Crippen LogP contribution in [0.15, 0.2) is 35.3 Å². The van der Waals surface area contributed by atoms with Crippen LogP contribution < -0.4 is 5.32 Å². The van der Waals surface area contributed by atoms with Crippen LogP contribution in [0.5, 0.6) is 0 Å². The number of hydrogen-bond donors (Lipinski definition) is 1. The molecule has 29 heavy (non-hydrogen) atoms. The van der Waals surface area contributed by atoms with Crippen LogP contribution >= 0.6 is 24.0 Å². The molecule has 1 saturated heterocycles. The summed E-state index contributed by atoms with van der Waals surface area (Å²) in [7, 11) is 0. The third kappa shape index (κ3) is 8.06. The molecule has 2 fully saturated rings. The molecule has 1 unspecified atom stereocenters. The van der Waals surface area contributed by atoms with Gasteiger partial charge in [0.1, 0.15) is 0 Å². The van der Waals surface area contributed by atoms with Gasteiger partial charge < -0.3 is 19.7 Å². The summed E-state index contributed by atoms with van der Waals surface area (Å²) in [4.78, 5) is 7.42. The van der Waals surface area contributed by atoms with Gasteiger partial charge in [-0.25, -0.2) is 0 Å². The average Bonchev–Trinajstić information content (AvgIpc) is 3.33. The lowest BCUT2D eigenvalue weighted by atomic mass is 10.0. The van der Waals surface area contributed by atoms with Crippen LogP contribution in [0.4, 0.5) is 0 Å². The summed E-state index contributed by atoms with van der Waals surface area (Å²) < 4.78 is 11.5. The Balaban J connectivity index is 0.00000300. The van der Waals surface area contributed by atoms with E-state index in [9.17, 15) is 0 Å². The Bertz CT molecular complexity index is 607. The molecule has 0 aromatic heterocycles. The lowest BCUT2D eigenvalue weighted by molar-refractivity contribution is 0.0906. The molecule has 0 amide bonds. The van der Waals surface area contributed by atoms with Crippen molar-refractivity contribution in [3.8, 4) is 0 Å². The highest BCUT2D eigenvalue weighted by atomic mass is 127. The number of benzene rings is 1. The molecule has 0 radical (unpaired) electrons. The van der Waals surface area contributed by atoms with Crippen molar-refractivity contribution in [2.75, 3.05) is 46.0 Å². The van der Waals surface area contributed by atoms with Crippen molar-refractivity contribution >= 4 is 29.9 Å². The summed E-state index contributed by atoms with van der Waals surface area (Å²) in [6, 6.07) is 10.4. The van der Waals surface area contributed by atoms with E-state index in [-0.39, 0.29) is 24.0 Å². The van der Waals surface area contributed by atoms with Gasteiger partial charge in [-0.05, 0) is 50.5 Å². The highest BCUT2D eigenvalue weighted by Gasteiger charge is 2.42. The highest BCUT2D eigenvalue weighted by Crippen LogP contribution is 2.49. The van der Waals surface area contributed by atoms with E-state index in [1.807, 2.05) is 6.07 Å². The number of halogens is 1. The van der Waals surface area contributed by atoms with Gasteiger partial charge in [0, 0.05) is 45.3 Å². The fraction of sp³-hybridized carbons (Fsp3) is 0.696. The SMILES string of the molecule is CCNC(=NCC1(CCOCC)CC1)N1CCC(COCc2ccccc2)C1.I. The number of rotatable bonds is 11. The second-order valence-corrected chi connectivity index (χ2v) is 8.22. The van der Waals surface area contributed by atoms with Crippen LogP contribution in [-0.2, 0) is 16.1 Å². The van der Waals surface area contributed by atoms with E-state index < -0.39 is 0 Å². The maximum absolute atomic E-state index is 5.97. The zero-order chi connectivity index (χ0) is 19.7. The number of guanidine groups is 1. The second-order valence-electron chi connectivity index (χ2n) is 8.22. The van der Waals surface area contributed by atoms with Gasteiger partial charge >= 0.3 is 0 Å². The predicted octanol–water partition coefficient (Wildman–Crippen LogP) is 4.32. The molecule has 1 aliphatic carbocycles. The summed E-state index contributed by atoms with van der Waals surface area (Å²) >= 11 is 0. The number of likely N-dealkylation sites (tertiary alicyclic amines) is 1. The van der Waals surface area contributed by atoms with Gasteiger partial charge in [0.25, 0.3) is 0 Å². The van der Waals surface area contributed by atoms with Gasteiger partial charge in [-0.15, -0.1) is 24.0 Å². The van der Waals surface area contributed by atoms with Gasteiger partial charge in [0.15, 0.2) is 5.96 Å². The summed E-state index contributed by atoms with van der Waals surface area (Å²) in [5.74, 6) is 1.66. The van der Waals surface area contributed by atoms with E-state index >= 15 is 0 Å². The molecule has 1 heterocycles. The smallest absolute Gasteiger partial charge is 0.193 e. The molecule has 5 nitrogen and oxygen atoms in total. The van der Waals surface area contributed by atoms with Crippen molar-refractivity contribution in [2.45, 2.75) is 46.1 Å². The van der Waals surface area contributed by atoms with Gasteiger partial charge in [-0.1, -0.05) is 30.3 Å². The Morgan fingerprint density at radius 2 is 2.00 bits per heavy atom. The number of aliphatic imine (C=N–C) groups is 1. The molecule has 164 valence electrons. The molecule has 1 saturated carbocycles. The maximum Gasteiger partial charge on any atom is 0.193 e. The lowest BCUT2D eigenvalue weighted by Gasteiger charge is -2.23. The molecule has 0 bridgehead atoms. The monoisotopic (exact) mass is 515 g/mol. The molecular weight excluding hydrogens is 477 g/mol. The van der Waals surface area contributed by atoms with Gasteiger partial charge in [0.05, 0.1) is 13.2 Å². The Morgan fingerprint density at radius 3 is 2.69 bits per heavy atom. The van der Waals surface area contributed by atoms with Crippen molar-refractivity contribution in [3.05, 3.63) is 35.9 Å². The van der Waals surface area contributed by atoms with Crippen LogP contribution in [0, 0.1) is 11.3 Å². The van der Waals surface area contributed by atoms with Crippen LogP contribution in [0.1, 0.15) is 45.1 Å². The number of ether oxygens (including phenoxy) is 2. The first-order chi connectivity index (χ1) is 13.7. The molecule has 1 aromatic carbocycles. The molecule has 1 atom stereocenters. The highest BCUT2D eigenvalue weighted by molar-refractivity contribution is 14.0. The predicted molar refractivity (Wildman–Crippen MR) is 130 cm³/mol. The normalized spacial score (nSPS) is 20.4. The summed E-state index contributed by atoms with van der Waals surface area (Å²) in [5.41, 5.74) is 1.64. The van der Waals surface area contributed by atoms with Crippen molar-refractivity contribution in [1.82, 2.24) is 10.2 Å². The quantitative estimate of drug-likeness (QED) is 0.207. The molecule has 1 aromatic rings. The molecule has 6 heteroatoms. The van der Waals surface area contributed by atoms with Crippen LogP contribution in [-0.4, -0.2) is 56.9 Å². The minimum Gasteiger partial charge on any atom is -0.382 e. The van der Waals surface area contributed by atoms with E-state index in [4.69, 9.17) is 14.5 Å². The number of hydrogen-bond acceptors (Lipinski definition) is 3. The van der Waals surface area contributed by atoms with Crippen molar-refractivity contribution in [2.24, 2.45) is 16.3 Å². The summed E-state index contributed by atoms with van der Waals surface area (Å²) in [6.07, 6.45) is 4.90. The number of nitrogens with zero attached hydrogens (tertiary/aromatic N) is 2. The van der Waals surface area contributed by atoms with Gasteiger partial charge in [0.2, 0.25) is 0 Å². The summed E-state index contributed by atoms with van der Waals surface area (Å²) in [5, 5.41) is 3.50. The molecular formula is C23H38IN3O2. The van der Waals surface area contributed by atoms with E-state index in [1.165, 1.54) is 24.8 Å². The second kappa shape index (κ2) is 12.7. The van der Waals surface area contributed by atoms with Crippen molar-refractivity contribution < 1.29 is 9.47 Å². The average molecular weight is 515 g/mol. The van der Waals surface area contributed by atoms with E-state index in [2.05, 4.69) is 48.3 Å². The molecule has 0 spiro atoms. The van der Waals surface area contributed by atoms with Gasteiger partial charge in [-0.2, -0.15) is 0 Å². The Kier molecular flexibility index (Phi) is 10.7. The van der Waals surface area contributed by atoms with Crippen LogP contribution in [0.2, 0.25) is 0 Å². The zero-order valence-electron chi connectivity index (χ0n) is 18.1. The van der Waals surface area contributed by atoms with E-state index in [1.54, 1.807) is 0 Å². The fourth-order valence-electron chi connectivity index (χ4n) is 3.84. The Labute approximate surface area is 193 Å². The summed E-state index contributed by atoms with van der Waals surface area (Å²) in [6.45, 7) is 11.4. The zero-order valence-corrected chi connectivity index (χ0v) is 20.4. The van der Waals surface area contributed by atoms with Crippen LogP contribution in [0.3, 0.4) is 0 Å². The molecule has 1 N–H and O–H groups in total. The Hall–Kier alpha value is -0.860. The third-order valence-electron chi connectivity index (χ3n) is 5.89. The van der Waals surface area contributed by atoms with E-state index in [0.29, 0.717) is 17.9 Å². The maximum atomic E-state index is 5.97. The minimum atomic E-state index is 0. The number of nitrogens with one attached hydrogen (secondary N) is 1. The first-order valence-electron chi connectivity index (χ1n) is 11.0. The van der Waals surface area contributed by atoms with Crippen molar-refractivity contribution in [1.29, 1.82) is 0 Å². The minimum absolute atomic E-state index is 0. The van der Waals surface area contributed by atoms with E-state index in [0.717, 1.165) is 58.4 Å². The fourth-order valence-corrected chi connectivity index (χ4v) is 3.84. The first-order valence-corrected chi connectivity index (χ1v) is 11.0.